The summed E-state index contributed by atoms with van der Waals surface area (Å²) < 4.78 is 10.8. The first-order chi connectivity index (χ1) is 13.0. The van der Waals surface area contributed by atoms with Crippen LogP contribution in [0.1, 0.15) is 39.0 Å². The molecule has 0 spiro atoms. The summed E-state index contributed by atoms with van der Waals surface area (Å²) in [7, 11) is 5.23. The lowest BCUT2D eigenvalue weighted by Gasteiger charge is -2.26. The summed E-state index contributed by atoms with van der Waals surface area (Å²) in [5, 5.41) is 7.15. The van der Waals surface area contributed by atoms with Crippen molar-refractivity contribution in [1.82, 2.24) is 10.6 Å². The summed E-state index contributed by atoms with van der Waals surface area (Å²) in [5.74, 6) is 2.56. The minimum absolute atomic E-state index is 0. The van der Waals surface area contributed by atoms with Crippen LogP contribution in [0.4, 0.5) is 5.69 Å². The minimum atomic E-state index is 0. The molecule has 1 aliphatic carbocycles. The van der Waals surface area contributed by atoms with Gasteiger partial charge in [0.2, 0.25) is 0 Å². The number of hydrogen-bond donors (Lipinski definition) is 2. The monoisotopic (exact) mass is 502 g/mol. The van der Waals surface area contributed by atoms with E-state index in [1.807, 2.05) is 13.1 Å². The fourth-order valence-corrected chi connectivity index (χ4v) is 4.18. The Morgan fingerprint density at radius 3 is 2.39 bits per heavy atom. The number of rotatable bonds is 6. The molecule has 0 radical (unpaired) electrons. The summed E-state index contributed by atoms with van der Waals surface area (Å²) in [6, 6.07) is 6.42. The zero-order chi connectivity index (χ0) is 19.3. The molecule has 1 atom stereocenters. The third-order valence-electron chi connectivity index (χ3n) is 5.95. The van der Waals surface area contributed by atoms with Crippen LogP contribution in [0.5, 0.6) is 11.5 Å². The molecule has 1 aliphatic heterocycles. The van der Waals surface area contributed by atoms with Gasteiger partial charge in [0, 0.05) is 56.6 Å². The molecule has 2 N–H and O–H groups in total. The Morgan fingerprint density at radius 1 is 1.18 bits per heavy atom. The number of methoxy groups -OCH3 is 2. The Morgan fingerprint density at radius 2 is 1.82 bits per heavy atom. The van der Waals surface area contributed by atoms with Gasteiger partial charge in [-0.1, -0.05) is 19.8 Å². The molecular weight excluding hydrogens is 467 g/mol. The number of halogens is 1. The van der Waals surface area contributed by atoms with Crippen LogP contribution >= 0.6 is 24.0 Å². The normalized spacial score (nSPS) is 21.2. The van der Waals surface area contributed by atoms with Crippen molar-refractivity contribution < 1.29 is 9.47 Å². The summed E-state index contributed by atoms with van der Waals surface area (Å²) in [5.41, 5.74) is 1.55. The Kier molecular flexibility index (Phi) is 8.52. The van der Waals surface area contributed by atoms with Crippen LogP contribution < -0.4 is 25.0 Å². The lowest BCUT2D eigenvalue weighted by molar-refractivity contribution is 0.333. The van der Waals surface area contributed by atoms with Crippen LogP contribution in [-0.4, -0.2) is 52.9 Å². The van der Waals surface area contributed by atoms with Gasteiger partial charge in [-0.3, -0.25) is 4.99 Å². The van der Waals surface area contributed by atoms with Crippen LogP contribution in [0.2, 0.25) is 0 Å². The molecule has 6 nitrogen and oxygen atoms in total. The highest BCUT2D eigenvalue weighted by Crippen LogP contribution is 2.36. The highest BCUT2D eigenvalue weighted by atomic mass is 127. The van der Waals surface area contributed by atoms with Gasteiger partial charge >= 0.3 is 0 Å². The van der Waals surface area contributed by atoms with Gasteiger partial charge in [-0.2, -0.15) is 0 Å². The number of nitrogens with one attached hydrogen (secondary N) is 2. The zero-order valence-electron chi connectivity index (χ0n) is 17.6. The van der Waals surface area contributed by atoms with Crippen LogP contribution in [0.15, 0.2) is 23.2 Å². The quantitative estimate of drug-likeness (QED) is 0.354. The van der Waals surface area contributed by atoms with E-state index in [0.29, 0.717) is 11.5 Å². The van der Waals surface area contributed by atoms with Gasteiger partial charge < -0.3 is 25.0 Å². The number of ether oxygens (including phenoxy) is 2. The molecule has 7 heteroatoms. The van der Waals surface area contributed by atoms with Crippen molar-refractivity contribution in [3.05, 3.63) is 18.2 Å². The van der Waals surface area contributed by atoms with Crippen LogP contribution in [0, 0.1) is 5.41 Å². The highest BCUT2D eigenvalue weighted by Gasteiger charge is 2.29. The average Bonchev–Trinajstić information content (AvgIpc) is 3.34. The third kappa shape index (κ3) is 5.81. The zero-order valence-corrected chi connectivity index (χ0v) is 19.9. The van der Waals surface area contributed by atoms with Crippen molar-refractivity contribution in [3.8, 4) is 11.5 Å². The number of guanidine groups is 1. The molecule has 1 aromatic carbocycles. The number of anilines is 1. The molecule has 1 saturated carbocycles. The summed E-state index contributed by atoms with van der Waals surface area (Å²) >= 11 is 0. The highest BCUT2D eigenvalue weighted by molar-refractivity contribution is 14.0. The minimum Gasteiger partial charge on any atom is -0.497 e. The van der Waals surface area contributed by atoms with Gasteiger partial charge in [-0.15, -0.1) is 24.0 Å². The van der Waals surface area contributed by atoms with Gasteiger partial charge in [0.1, 0.15) is 11.5 Å². The predicted molar refractivity (Wildman–Crippen MR) is 127 cm³/mol. The summed E-state index contributed by atoms with van der Waals surface area (Å²) in [6.45, 7) is 5.32. The third-order valence-corrected chi connectivity index (χ3v) is 5.95. The Balaban J connectivity index is 0.00000280. The molecule has 0 aromatic heterocycles. The lowest BCUT2D eigenvalue weighted by Crippen LogP contribution is -2.47. The number of aliphatic imine (C=N–C) groups is 1. The molecule has 28 heavy (non-hydrogen) atoms. The van der Waals surface area contributed by atoms with Gasteiger partial charge in [0.05, 0.1) is 14.2 Å². The Bertz CT molecular complexity index is 640. The molecule has 3 rings (SSSR count). The molecule has 1 saturated heterocycles. The molecule has 158 valence electrons. The van der Waals surface area contributed by atoms with E-state index in [-0.39, 0.29) is 24.0 Å². The van der Waals surface area contributed by atoms with Gasteiger partial charge in [0.15, 0.2) is 5.96 Å². The van der Waals surface area contributed by atoms with E-state index in [9.17, 15) is 0 Å². The topological polar surface area (TPSA) is 58.1 Å². The van der Waals surface area contributed by atoms with E-state index in [1.54, 1.807) is 14.2 Å². The van der Waals surface area contributed by atoms with Crippen molar-refractivity contribution in [2.45, 2.75) is 45.1 Å². The first kappa shape index (κ1) is 22.9. The maximum Gasteiger partial charge on any atom is 0.191 e. The van der Waals surface area contributed by atoms with Crippen LogP contribution in [0.3, 0.4) is 0 Å². The first-order valence-corrected chi connectivity index (χ1v) is 10.0. The van der Waals surface area contributed by atoms with E-state index in [1.165, 1.54) is 25.7 Å². The molecular formula is C21H35IN4O2. The molecule has 0 amide bonds. The molecule has 2 aliphatic rings. The number of nitrogens with zero attached hydrogens (tertiary/aromatic N) is 2. The average molecular weight is 502 g/mol. The van der Waals surface area contributed by atoms with E-state index in [4.69, 9.17) is 9.47 Å². The first-order valence-electron chi connectivity index (χ1n) is 10.0. The largest absolute Gasteiger partial charge is 0.497 e. The van der Waals surface area contributed by atoms with Crippen LogP contribution in [0.25, 0.3) is 0 Å². The van der Waals surface area contributed by atoms with Crippen LogP contribution in [-0.2, 0) is 0 Å². The van der Waals surface area contributed by atoms with Crippen molar-refractivity contribution >= 4 is 35.6 Å². The molecule has 1 heterocycles. The van der Waals surface area contributed by atoms with E-state index >= 15 is 0 Å². The fraction of sp³-hybridized carbons (Fsp3) is 0.667. The number of benzene rings is 1. The van der Waals surface area contributed by atoms with Gasteiger partial charge in [-0.05, 0) is 24.7 Å². The summed E-state index contributed by atoms with van der Waals surface area (Å²) in [6.07, 6.45) is 6.41. The second-order valence-corrected chi connectivity index (χ2v) is 8.09. The van der Waals surface area contributed by atoms with Crippen molar-refractivity contribution in [2.75, 3.05) is 45.8 Å². The van der Waals surface area contributed by atoms with Crippen molar-refractivity contribution in [1.29, 1.82) is 0 Å². The summed E-state index contributed by atoms with van der Waals surface area (Å²) in [4.78, 5) is 6.80. The Hall–Kier alpha value is -1.38. The van der Waals surface area contributed by atoms with Crippen molar-refractivity contribution in [2.24, 2.45) is 10.4 Å². The van der Waals surface area contributed by atoms with Gasteiger partial charge in [0.25, 0.3) is 0 Å². The van der Waals surface area contributed by atoms with E-state index < -0.39 is 0 Å². The molecule has 1 aromatic rings. The second kappa shape index (κ2) is 10.4. The predicted octanol–water partition coefficient (Wildman–Crippen LogP) is 3.65. The molecule has 1 unspecified atom stereocenters. The van der Waals surface area contributed by atoms with Crippen molar-refractivity contribution in [3.63, 3.8) is 0 Å². The smallest absolute Gasteiger partial charge is 0.191 e. The Labute approximate surface area is 186 Å². The van der Waals surface area contributed by atoms with E-state index in [0.717, 1.165) is 49.2 Å². The molecule has 0 bridgehead atoms. The molecule has 2 fully saturated rings. The maximum absolute atomic E-state index is 5.40. The number of hydrogen-bond acceptors (Lipinski definition) is 4. The lowest BCUT2D eigenvalue weighted by atomic mass is 9.89. The fourth-order valence-electron chi connectivity index (χ4n) is 4.18. The SMILES string of the molecule is CN=C(NCC1(C)CCCC1)NC1CCN(c2cc(OC)cc(OC)c2)C1.I. The maximum atomic E-state index is 5.40. The second-order valence-electron chi connectivity index (χ2n) is 8.09. The van der Waals surface area contributed by atoms with Gasteiger partial charge in [-0.25, -0.2) is 0 Å². The standard InChI is InChI=1S/C21H34N4O2.HI/c1-21(8-5-6-9-21)15-23-20(22-2)24-16-7-10-25(14-16)17-11-18(26-3)13-19(12-17)27-4;/h11-13,16H,5-10,14-15H2,1-4H3,(H2,22,23,24);1H. The van der Waals surface area contributed by atoms with E-state index in [2.05, 4.69) is 39.6 Å².